The summed E-state index contributed by atoms with van der Waals surface area (Å²) < 4.78 is 22.6. The molecular formula is C11H12N2O2S. The van der Waals surface area contributed by atoms with Gasteiger partial charge in [-0.15, -0.1) is 0 Å². The highest BCUT2D eigenvalue weighted by molar-refractivity contribution is 7.91. The molecule has 1 aliphatic rings. The second-order valence-corrected chi connectivity index (χ2v) is 6.13. The van der Waals surface area contributed by atoms with E-state index < -0.39 is 9.84 Å². The fourth-order valence-corrected chi connectivity index (χ4v) is 3.51. The van der Waals surface area contributed by atoms with Crippen molar-refractivity contribution in [1.82, 2.24) is 0 Å². The molecule has 1 N–H and O–H groups in total. The van der Waals surface area contributed by atoms with Gasteiger partial charge in [0.1, 0.15) is 6.07 Å². The molecule has 0 radical (unpaired) electrons. The van der Waals surface area contributed by atoms with Crippen molar-refractivity contribution in [2.75, 3.05) is 16.8 Å². The highest BCUT2D eigenvalue weighted by Gasteiger charge is 2.27. The van der Waals surface area contributed by atoms with Gasteiger partial charge in [-0.1, -0.05) is 12.1 Å². The predicted octanol–water partition coefficient (Wildman–Crippen LogP) is 1.16. The van der Waals surface area contributed by atoms with Crippen molar-refractivity contribution in [3.05, 3.63) is 29.8 Å². The van der Waals surface area contributed by atoms with E-state index in [9.17, 15) is 8.42 Å². The van der Waals surface area contributed by atoms with E-state index in [1.807, 2.05) is 6.07 Å². The maximum atomic E-state index is 11.3. The van der Waals surface area contributed by atoms with Crippen LogP contribution in [0.4, 0.5) is 5.69 Å². The van der Waals surface area contributed by atoms with Gasteiger partial charge >= 0.3 is 0 Å². The normalized spacial score (nSPS) is 22.6. The van der Waals surface area contributed by atoms with Crippen LogP contribution < -0.4 is 5.32 Å². The lowest BCUT2D eigenvalue weighted by Gasteiger charge is -2.13. The first kappa shape index (κ1) is 11.0. The summed E-state index contributed by atoms with van der Waals surface area (Å²) in [5.41, 5.74) is 1.26. The molecule has 1 saturated heterocycles. The number of nitrogens with one attached hydrogen (secondary N) is 1. The Morgan fingerprint density at radius 1 is 1.38 bits per heavy atom. The maximum Gasteiger partial charge on any atom is 0.152 e. The van der Waals surface area contributed by atoms with E-state index in [0.29, 0.717) is 17.7 Å². The Bertz CT molecular complexity index is 531. The van der Waals surface area contributed by atoms with Crippen LogP contribution in [0, 0.1) is 11.3 Å². The van der Waals surface area contributed by atoms with E-state index in [1.54, 1.807) is 18.2 Å². The first-order chi connectivity index (χ1) is 7.61. The summed E-state index contributed by atoms with van der Waals surface area (Å²) in [6, 6.07) is 9.13. The average Bonchev–Trinajstić information content (AvgIpc) is 2.59. The Balaban J connectivity index is 2.14. The molecule has 1 unspecified atom stereocenters. The Kier molecular flexibility index (Phi) is 2.84. The Hall–Kier alpha value is -1.54. The van der Waals surface area contributed by atoms with Gasteiger partial charge in [0, 0.05) is 6.04 Å². The summed E-state index contributed by atoms with van der Waals surface area (Å²) in [7, 11) is -2.88. The largest absolute Gasteiger partial charge is 0.380 e. The first-order valence-electron chi connectivity index (χ1n) is 5.07. The van der Waals surface area contributed by atoms with Crippen LogP contribution in [0.25, 0.3) is 0 Å². The molecule has 2 rings (SSSR count). The third-order valence-electron chi connectivity index (χ3n) is 2.64. The first-order valence-corrected chi connectivity index (χ1v) is 6.89. The lowest BCUT2D eigenvalue weighted by atomic mass is 10.1. The number of sulfone groups is 1. The summed E-state index contributed by atoms with van der Waals surface area (Å²) >= 11 is 0. The highest BCUT2D eigenvalue weighted by atomic mass is 32.2. The standard InChI is InChI=1S/C11H12N2O2S/c12-7-9-3-1-2-4-11(9)13-10-5-6-16(14,15)8-10/h1-4,10,13H,5-6,8H2. The number of nitriles is 1. The van der Waals surface area contributed by atoms with E-state index in [2.05, 4.69) is 11.4 Å². The van der Waals surface area contributed by atoms with Gasteiger partial charge in [0.25, 0.3) is 0 Å². The molecule has 1 atom stereocenters. The molecule has 1 fully saturated rings. The van der Waals surface area contributed by atoms with Crippen LogP contribution >= 0.6 is 0 Å². The topological polar surface area (TPSA) is 70.0 Å². The van der Waals surface area contributed by atoms with Gasteiger partial charge in [-0.05, 0) is 18.6 Å². The van der Waals surface area contributed by atoms with Gasteiger partial charge in [0.05, 0.1) is 22.8 Å². The number of nitrogens with zero attached hydrogens (tertiary/aromatic N) is 1. The summed E-state index contributed by atoms with van der Waals surface area (Å²) in [4.78, 5) is 0. The van der Waals surface area contributed by atoms with Gasteiger partial charge in [-0.25, -0.2) is 8.42 Å². The van der Waals surface area contributed by atoms with Crippen molar-refractivity contribution < 1.29 is 8.42 Å². The summed E-state index contributed by atoms with van der Waals surface area (Å²) in [6.45, 7) is 0. The summed E-state index contributed by atoms with van der Waals surface area (Å²) in [6.07, 6.45) is 0.613. The SMILES string of the molecule is N#Cc1ccccc1NC1CCS(=O)(=O)C1. The van der Waals surface area contributed by atoms with Crippen LogP contribution in [0.15, 0.2) is 24.3 Å². The third-order valence-corrected chi connectivity index (χ3v) is 4.41. The predicted molar refractivity (Wildman–Crippen MR) is 61.8 cm³/mol. The second-order valence-electron chi connectivity index (χ2n) is 3.90. The van der Waals surface area contributed by atoms with Crippen molar-refractivity contribution in [3.8, 4) is 6.07 Å². The van der Waals surface area contributed by atoms with Crippen molar-refractivity contribution in [2.45, 2.75) is 12.5 Å². The van der Waals surface area contributed by atoms with Crippen LogP contribution in [0.1, 0.15) is 12.0 Å². The molecule has 0 bridgehead atoms. The number of hydrogen-bond donors (Lipinski definition) is 1. The van der Waals surface area contributed by atoms with E-state index in [1.165, 1.54) is 0 Å². The molecule has 1 heterocycles. The zero-order chi connectivity index (χ0) is 11.6. The van der Waals surface area contributed by atoms with Crippen LogP contribution in [0.5, 0.6) is 0 Å². The smallest absolute Gasteiger partial charge is 0.152 e. The van der Waals surface area contributed by atoms with Gasteiger partial charge in [-0.3, -0.25) is 0 Å². The average molecular weight is 236 g/mol. The number of hydrogen-bond acceptors (Lipinski definition) is 4. The summed E-state index contributed by atoms with van der Waals surface area (Å²) in [5.74, 6) is 0.395. The molecule has 1 aromatic carbocycles. The van der Waals surface area contributed by atoms with E-state index in [4.69, 9.17) is 5.26 Å². The minimum Gasteiger partial charge on any atom is -0.380 e. The molecule has 16 heavy (non-hydrogen) atoms. The fourth-order valence-electron chi connectivity index (χ4n) is 1.84. The Morgan fingerprint density at radius 2 is 2.12 bits per heavy atom. The highest BCUT2D eigenvalue weighted by Crippen LogP contribution is 2.20. The van der Waals surface area contributed by atoms with Crippen molar-refractivity contribution in [1.29, 1.82) is 5.26 Å². The number of para-hydroxylation sites is 1. The second kappa shape index (κ2) is 4.14. The third kappa shape index (κ3) is 2.34. The zero-order valence-corrected chi connectivity index (χ0v) is 9.50. The monoisotopic (exact) mass is 236 g/mol. The fraction of sp³-hybridized carbons (Fsp3) is 0.364. The molecular weight excluding hydrogens is 224 g/mol. The minimum atomic E-state index is -2.88. The van der Waals surface area contributed by atoms with Gasteiger partial charge in [0.2, 0.25) is 0 Å². The maximum absolute atomic E-state index is 11.3. The summed E-state index contributed by atoms with van der Waals surface area (Å²) in [5, 5.41) is 12.0. The lowest BCUT2D eigenvalue weighted by molar-refractivity contribution is 0.602. The Morgan fingerprint density at radius 3 is 2.75 bits per heavy atom. The quantitative estimate of drug-likeness (QED) is 0.836. The van der Waals surface area contributed by atoms with Crippen molar-refractivity contribution in [2.24, 2.45) is 0 Å². The van der Waals surface area contributed by atoms with Crippen molar-refractivity contribution in [3.63, 3.8) is 0 Å². The number of rotatable bonds is 2. The molecule has 5 heteroatoms. The molecule has 0 aliphatic carbocycles. The van der Waals surface area contributed by atoms with Crippen LogP contribution in [0.2, 0.25) is 0 Å². The molecule has 4 nitrogen and oxygen atoms in total. The zero-order valence-electron chi connectivity index (χ0n) is 8.68. The van der Waals surface area contributed by atoms with E-state index >= 15 is 0 Å². The van der Waals surface area contributed by atoms with Crippen molar-refractivity contribution >= 4 is 15.5 Å². The molecule has 1 aliphatic heterocycles. The van der Waals surface area contributed by atoms with Gasteiger partial charge in [0.15, 0.2) is 9.84 Å². The van der Waals surface area contributed by atoms with E-state index in [-0.39, 0.29) is 17.5 Å². The lowest BCUT2D eigenvalue weighted by Crippen LogP contribution is -2.21. The van der Waals surface area contributed by atoms with Crippen LogP contribution in [-0.2, 0) is 9.84 Å². The van der Waals surface area contributed by atoms with Crippen LogP contribution in [-0.4, -0.2) is 26.0 Å². The van der Waals surface area contributed by atoms with Crippen LogP contribution in [0.3, 0.4) is 0 Å². The van der Waals surface area contributed by atoms with Gasteiger partial charge < -0.3 is 5.32 Å². The molecule has 84 valence electrons. The van der Waals surface area contributed by atoms with Gasteiger partial charge in [-0.2, -0.15) is 5.26 Å². The molecule has 0 aromatic heterocycles. The number of anilines is 1. The molecule has 0 amide bonds. The molecule has 0 saturated carbocycles. The van der Waals surface area contributed by atoms with E-state index in [0.717, 1.165) is 0 Å². The molecule has 1 aromatic rings. The Labute approximate surface area is 94.8 Å². The minimum absolute atomic E-state index is 0.0699. The molecule has 0 spiro atoms. The number of benzene rings is 1.